The first-order valence-electron chi connectivity index (χ1n) is 8.54. The summed E-state index contributed by atoms with van der Waals surface area (Å²) >= 11 is 0. The Kier molecular flexibility index (Phi) is 6.17. The Labute approximate surface area is 150 Å². The lowest BCUT2D eigenvalue weighted by atomic mass is 10.3. The zero-order valence-corrected chi connectivity index (χ0v) is 15.5. The van der Waals surface area contributed by atoms with Gasteiger partial charge in [0.1, 0.15) is 11.7 Å². The number of allylic oxidation sites excluding steroid dienone is 2. The highest BCUT2D eigenvalue weighted by molar-refractivity contribution is 6.06. The zero-order chi connectivity index (χ0) is 18.4. The third-order valence-electron chi connectivity index (χ3n) is 4.26. The lowest BCUT2D eigenvalue weighted by Gasteiger charge is -2.35. The van der Waals surface area contributed by atoms with E-state index in [-0.39, 0.29) is 0 Å². The average Bonchev–Trinajstić information content (AvgIpc) is 2.82. The molecule has 1 saturated heterocycles. The number of aliphatic imine (C=N–C) groups is 1. The quantitative estimate of drug-likeness (QED) is 0.335. The van der Waals surface area contributed by atoms with Crippen LogP contribution in [0.1, 0.15) is 6.92 Å². The monoisotopic (exact) mass is 344 g/mol. The van der Waals surface area contributed by atoms with Crippen LogP contribution in [0.25, 0.3) is 0 Å². The Hall–Kier alpha value is -2.38. The van der Waals surface area contributed by atoms with Crippen molar-refractivity contribution in [1.29, 1.82) is 0 Å². The highest BCUT2D eigenvalue weighted by atomic mass is 15.6. The lowest BCUT2D eigenvalue weighted by Crippen LogP contribution is -2.47. The van der Waals surface area contributed by atoms with E-state index in [0.29, 0.717) is 22.1 Å². The fourth-order valence-corrected chi connectivity index (χ4v) is 2.87. The molecule has 0 aromatic carbocycles. The van der Waals surface area contributed by atoms with Crippen molar-refractivity contribution in [2.45, 2.75) is 6.92 Å². The Balaban J connectivity index is 2.03. The largest absolute Gasteiger partial charge is 0.385 e. The summed E-state index contributed by atoms with van der Waals surface area (Å²) in [6.45, 7) is 10.3. The molecule has 0 unspecified atom stereocenters. The SMILES string of the molecule is C=CCN1CCN(C(N)=CC(N)=NC2=N[N+](C)(C)C(C=CC)=C2)CC1. The summed E-state index contributed by atoms with van der Waals surface area (Å²) < 4.78 is 0.404. The van der Waals surface area contributed by atoms with Gasteiger partial charge >= 0.3 is 0 Å². The number of rotatable bonds is 5. The first-order valence-corrected chi connectivity index (χ1v) is 8.54. The summed E-state index contributed by atoms with van der Waals surface area (Å²) in [6, 6.07) is 0. The summed E-state index contributed by atoms with van der Waals surface area (Å²) in [5.74, 6) is 1.61. The number of likely N-dealkylation sites (N-methyl/N-ethyl adjacent to an activating group) is 1. The highest BCUT2D eigenvalue weighted by Crippen LogP contribution is 2.21. The van der Waals surface area contributed by atoms with E-state index in [1.165, 1.54) is 0 Å². The van der Waals surface area contributed by atoms with Gasteiger partial charge in [0.2, 0.25) is 5.84 Å². The first kappa shape index (κ1) is 19.0. The molecule has 0 spiro atoms. The normalized spacial score (nSPS) is 22.3. The summed E-state index contributed by atoms with van der Waals surface area (Å²) in [6.07, 6.45) is 9.59. The summed E-state index contributed by atoms with van der Waals surface area (Å²) in [5, 5.41) is 4.55. The third-order valence-corrected chi connectivity index (χ3v) is 4.26. The molecule has 0 atom stereocenters. The second-order valence-corrected chi connectivity index (χ2v) is 6.60. The van der Waals surface area contributed by atoms with Gasteiger partial charge in [-0.2, -0.15) is 4.59 Å². The molecule has 0 bridgehead atoms. The Bertz CT molecular complexity index is 644. The van der Waals surface area contributed by atoms with Crippen molar-refractivity contribution in [3.8, 4) is 0 Å². The number of hydrogen-bond acceptors (Lipinski definition) is 5. The second-order valence-electron chi connectivity index (χ2n) is 6.60. The van der Waals surface area contributed by atoms with E-state index < -0.39 is 0 Å². The number of nitrogens with two attached hydrogens (primary N) is 2. The van der Waals surface area contributed by atoms with Crippen LogP contribution < -0.4 is 11.5 Å². The molecule has 0 radical (unpaired) electrons. The van der Waals surface area contributed by atoms with Crippen molar-refractivity contribution in [2.24, 2.45) is 21.6 Å². The molecule has 136 valence electrons. The summed E-state index contributed by atoms with van der Waals surface area (Å²) in [7, 11) is 3.99. The van der Waals surface area contributed by atoms with E-state index >= 15 is 0 Å². The molecule has 2 aliphatic rings. The number of piperazine rings is 1. The molecular formula is C18H30N7+. The number of hydrogen-bond donors (Lipinski definition) is 2. The molecule has 0 aliphatic carbocycles. The zero-order valence-electron chi connectivity index (χ0n) is 15.5. The van der Waals surface area contributed by atoms with E-state index in [4.69, 9.17) is 11.5 Å². The smallest absolute Gasteiger partial charge is 0.216 e. The first-order chi connectivity index (χ1) is 11.9. The maximum Gasteiger partial charge on any atom is 0.216 e. The Morgan fingerprint density at radius 2 is 2.00 bits per heavy atom. The van der Waals surface area contributed by atoms with Crippen molar-refractivity contribution >= 4 is 11.7 Å². The standard InChI is InChI=1S/C18H30N7/c1-5-7-15-13-18(22-25(15,3)4)21-16(19)14-17(20)24-11-9-23(8-6-2)10-12-24/h5-7,13-14H,2,8-12,20H2,1,3-4H3,(H2,19,21,22)/q+1. The minimum Gasteiger partial charge on any atom is -0.385 e. The highest BCUT2D eigenvalue weighted by Gasteiger charge is 2.27. The van der Waals surface area contributed by atoms with Crippen molar-refractivity contribution in [3.05, 3.63) is 48.5 Å². The lowest BCUT2D eigenvalue weighted by molar-refractivity contribution is -0.853. The minimum atomic E-state index is 0.364. The van der Waals surface area contributed by atoms with Crippen LogP contribution in [0.15, 0.2) is 58.6 Å². The van der Waals surface area contributed by atoms with Gasteiger partial charge < -0.3 is 16.4 Å². The van der Waals surface area contributed by atoms with Crippen LogP contribution in [0.5, 0.6) is 0 Å². The van der Waals surface area contributed by atoms with Gasteiger partial charge in [0.15, 0.2) is 5.70 Å². The molecule has 7 heteroatoms. The van der Waals surface area contributed by atoms with Crippen LogP contribution in [0.4, 0.5) is 0 Å². The number of nitrogens with zero attached hydrogens (tertiary/aromatic N) is 5. The fraction of sp³-hybridized carbons (Fsp3) is 0.444. The minimum absolute atomic E-state index is 0.364. The van der Waals surface area contributed by atoms with Crippen molar-refractivity contribution in [2.75, 3.05) is 46.8 Å². The van der Waals surface area contributed by atoms with Gasteiger partial charge in [-0.15, -0.1) is 6.58 Å². The molecule has 7 nitrogen and oxygen atoms in total. The van der Waals surface area contributed by atoms with Gasteiger partial charge in [-0.1, -0.05) is 17.3 Å². The second kappa shape index (κ2) is 8.13. The molecule has 2 heterocycles. The summed E-state index contributed by atoms with van der Waals surface area (Å²) in [4.78, 5) is 8.86. The molecule has 0 aromatic heterocycles. The van der Waals surface area contributed by atoms with Crippen molar-refractivity contribution < 1.29 is 4.59 Å². The Morgan fingerprint density at radius 1 is 1.32 bits per heavy atom. The van der Waals surface area contributed by atoms with Gasteiger partial charge in [-0.05, 0) is 13.0 Å². The van der Waals surface area contributed by atoms with Crippen LogP contribution in [-0.4, -0.2) is 72.9 Å². The van der Waals surface area contributed by atoms with Crippen LogP contribution in [0, 0.1) is 0 Å². The van der Waals surface area contributed by atoms with Gasteiger partial charge in [0.05, 0.1) is 20.2 Å². The molecule has 1 fully saturated rings. The number of quaternary nitrogens is 1. The van der Waals surface area contributed by atoms with Crippen molar-refractivity contribution in [3.63, 3.8) is 0 Å². The molecule has 0 aromatic rings. The van der Waals surface area contributed by atoms with Crippen LogP contribution in [0.2, 0.25) is 0 Å². The molecule has 2 rings (SSSR count). The van der Waals surface area contributed by atoms with Gasteiger partial charge in [0, 0.05) is 38.8 Å². The predicted octanol–water partition coefficient (Wildman–Crippen LogP) is 0.811. The van der Waals surface area contributed by atoms with E-state index in [1.54, 1.807) is 6.08 Å². The molecule has 0 saturated carbocycles. The predicted molar refractivity (Wildman–Crippen MR) is 105 cm³/mol. The summed E-state index contributed by atoms with van der Waals surface area (Å²) in [5.41, 5.74) is 13.3. The topological polar surface area (TPSA) is 83.2 Å². The van der Waals surface area contributed by atoms with Gasteiger partial charge in [-0.25, -0.2) is 4.99 Å². The number of amidine groups is 2. The van der Waals surface area contributed by atoms with E-state index in [1.807, 2.05) is 45.3 Å². The molecular weight excluding hydrogens is 314 g/mol. The third kappa shape index (κ3) is 5.04. The average molecular weight is 344 g/mol. The van der Waals surface area contributed by atoms with E-state index in [2.05, 4.69) is 26.5 Å². The molecule has 4 N–H and O–H groups in total. The van der Waals surface area contributed by atoms with E-state index in [9.17, 15) is 0 Å². The maximum atomic E-state index is 6.19. The van der Waals surface area contributed by atoms with E-state index in [0.717, 1.165) is 38.4 Å². The van der Waals surface area contributed by atoms with Gasteiger partial charge in [0.25, 0.3) is 0 Å². The van der Waals surface area contributed by atoms with Crippen LogP contribution in [0.3, 0.4) is 0 Å². The van der Waals surface area contributed by atoms with Crippen LogP contribution in [-0.2, 0) is 0 Å². The maximum absolute atomic E-state index is 6.19. The molecule has 2 aliphatic heterocycles. The Morgan fingerprint density at radius 3 is 2.60 bits per heavy atom. The van der Waals surface area contributed by atoms with Crippen LogP contribution >= 0.6 is 0 Å². The van der Waals surface area contributed by atoms with Gasteiger partial charge in [-0.3, -0.25) is 4.90 Å². The molecule has 0 amide bonds. The van der Waals surface area contributed by atoms with Crippen molar-refractivity contribution in [1.82, 2.24) is 9.80 Å². The molecule has 25 heavy (non-hydrogen) atoms. The fourth-order valence-electron chi connectivity index (χ4n) is 2.87.